The zero-order valence-electron chi connectivity index (χ0n) is 12.1. The van der Waals surface area contributed by atoms with Crippen LogP contribution in [0.25, 0.3) is 0 Å². The number of imide groups is 1. The summed E-state index contributed by atoms with van der Waals surface area (Å²) < 4.78 is 5.23. The van der Waals surface area contributed by atoms with Crippen molar-refractivity contribution >= 4 is 46.9 Å². The van der Waals surface area contributed by atoms with Crippen LogP contribution in [0.5, 0.6) is 0 Å². The number of likely N-dealkylation sites (tertiary alicyclic amines) is 1. The van der Waals surface area contributed by atoms with E-state index in [2.05, 4.69) is 15.5 Å². The van der Waals surface area contributed by atoms with Gasteiger partial charge in [0, 0.05) is 28.5 Å². The van der Waals surface area contributed by atoms with Gasteiger partial charge in [0.05, 0.1) is 0 Å². The molecule has 0 spiro atoms. The summed E-state index contributed by atoms with van der Waals surface area (Å²) in [4.78, 5) is 36.2. The van der Waals surface area contributed by atoms with Crippen molar-refractivity contribution in [3.05, 3.63) is 39.7 Å². The number of hydrogen-bond donors (Lipinski definition) is 1. The summed E-state index contributed by atoms with van der Waals surface area (Å²) in [5.74, 6) is -1.09. The first-order chi connectivity index (χ1) is 11.4. The standard InChI is InChI=1S/C14H10Cl2N4O4/c15-8-3-7(4-9(16)5-8)13(23)17-14-19-18-10(24-14)6-20-11(21)1-2-12(20)22/h3-5H,1-2,6H2,(H,17,19,23). The van der Waals surface area contributed by atoms with Crippen molar-refractivity contribution in [1.29, 1.82) is 0 Å². The number of nitrogens with zero attached hydrogens (tertiary/aromatic N) is 3. The predicted octanol–water partition coefficient (Wildman–Crippen LogP) is 2.28. The molecule has 2 aromatic rings. The van der Waals surface area contributed by atoms with Crippen molar-refractivity contribution in [1.82, 2.24) is 15.1 Å². The van der Waals surface area contributed by atoms with Gasteiger partial charge in [0.1, 0.15) is 6.54 Å². The lowest BCUT2D eigenvalue weighted by Gasteiger charge is -2.09. The molecular weight excluding hydrogens is 359 g/mol. The third-order valence-corrected chi connectivity index (χ3v) is 3.70. The Hall–Kier alpha value is -2.45. The van der Waals surface area contributed by atoms with Crippen molar-refractivity contribution in [2.75, 3.05) is 5.32 Å². The molecule has 3 amide bonds. The van der Waals surface area contributed by atoms with Gasteiger partial charge < -0.3 is 4.42 Å². The Morgan fingerprint density at radius 3 is 2.38 bits per heavy atom. The minimum Gasteiger partial charge on any atom is -0.406 e. The lowest BCUT2D eigenvalue weighted by atomic mass is 10.2. The number of hydrogen-bond acceptors (Lipinski definition) is 6. The summed E-state index contributed by atoms with van der Waals surface area (Å²) in [6, 6.07) is 4.20. The van der Waals surface area contributed by atoms with Gasteiger partial charge in [-0.25, -0.2) is 0 Å². The van der Waals surface area contributed by atoms with E-state index in [9.17, 15) is 14.4 Å². The van der Waals surface area contributed by atoms with E-state index in [1.54, 1.807) is 0 Å². The van der Waals surface area contributed by atoms with E-state index in [-0.39, 0.29) is 48.7 Å². The summed E-state index contributed by atoms with van der Waals surface area (Å²) in [6.07, 6.45) is 0.345. The lowest BCUT2D eigenvalue weighted by Crippen LogP contribution is -2.28. The van der Waals surface area contributed by atoms with E-state index in [1.807, 2.05) is 0 Å². The van der Waals surface area contributed by atoms with Crippen molar-refractivity contribution in [3.63, 3.8) is 0 Å². The number of aromatic nitrogens is 2. The number of carbonyl (C=O) groups is 3. The molecule has 1 saturated heterocycles. The molecule has 8 nitrogen and oxygen atoms in total. The first-order valence-electron chi connectivity index (χ1n) is 6.85. The highest BCUT2D eigenvalue weighted by Crippen LogP contribution is 2.20. The highest BCUT2D eigenvalue weighted by atomic mass is 35.5. The van der Waals surface area contributed by atoms with E-state index in [4.69, 9.17) is 27.6 Å². The number of nitrogens with one attached hydrogen (secondary N) is 1. The third kappa shape index (κ3) is 3.55. The number of rotatable bonds is 4. The minimum absolute atomic E-state index is 0.0398. The van der Waals surface area contributed by atoms with Crippen LogP contribution in [0.2, 0.25) is 10.0 Å². The second kappa shape index (κ2) is 6.58. The van der Waals surface area contributed by atoms with Gasteiger partial charge in [-0.05, 0) is 18.2 Å². The van der Waals surface area contributed by atoms with Gasteiger partial charge in [-0.1, -0.05) is 28.3 Å². The van der Waals surface area contributed by atoms with Gasteiger partial charge in [0.15, 0.2) is 0 Å². The number of anilines is 1. The molecule has 0 radical (unpaired) electrons. The molecule has 1 aromatic heterocycles. The second-order valence-corrected chi connectivity index (χ2v) is 5.86. The maximum Gasteiger partial charge on any atom is 0.322 e. The summed E-state index contributed by atoms with van der Waals surface area (Å²) >= 11 is 11.7. The summed E-state index contributed by atoms with van der Waals surface area (Å²) in [7, 11) is 0. The maximum atomic E-state index is 12.1. The summed E-state index contributed by atoms with van der Waals surface area (Å²) in [5, 5.41) is 10.4. The number of benzene rings is 1. The fourth-order valence-corrected chi connectivity index (χ4v) is 2.68. The van der Waals surface area contributed by atoms with Gasteiger partial charge in [-0.15, -0.1) is 5.10 Å². The van der Waals surface area contributed by atoms with Crippen LogP contribution in [-0.4, -0.2) is 32.8 Å². The predicted molar refractivity (Wildman–Crippen MR) is 83.5 cm³/mol. The Morgan fingerprint density at radius 1 is 1.12 bits per heavy atom. The van der Waals surface area contributed by atoms with Crippen LogP contribution >= 0.6 is 23.2 Å². The van der Waals surface area contributed by atoms with E-state index >= 15 is 0 Å². The average Bonchev–Trinajstić information content (AvgIpc) is 3.08. The van der Waals surface area contributed by atoms with Crippen LogP contribution in [0.4, 0.5) is 6.01 Å². The molecule has 3 rings (SSSR count). The molecule has 0 aliphatic carbocycles. The van der Waals surface area contributed by atoms with E-state index in [0.29, 0.717) is 10.0 Å². The molecule has 1 aromatic carbocycles. The zero-order valence-corrected chi connectivity index (χ0v) is 13.6. The van der Waals surface area contributed by atoms with E-state index < -0.39 is 5.91 Å². The summed E-state index contributed by atoms with van der Waals surface area (Å²) in [6.45, 7) is -0.121. The van der Waals surface area contributed by atoms with E-state index in [0.717, 1.165) is 4.90 Å². The Labute approximate surface area is 145 Å². The van der Waals surface area contributed by atoms with Gasteiger partial charge >= 0.3 is 6.01 Å². The van der Waals surface area contributed by atoms with Crippen LogP contribution in [-0.2, 0) is 16.1 Å². The fourth-order valence-electron chi connectivity index (χ4n) is 2.16. The lowest BCUT2D eigenvalue weighted by molar-refractivity contribution is -0.139. The molecule has 1 aliphatic rings. The van der Waals surface area contributed by atoms with Gasteiger partial charge in [-0.2, -0.15) is 0 Å². The molecular formula is C14H10Cl2N4O4. The maximum absolute atomic E-state index is 12.1. The molecule has 1 aliphatic heterocycles. The second-order valence-electron chi connectivity index (χ2n) is 4.99. The van der Waals surface area contributed by atoms with Gasteiger partial charge in [-0.3, -0.25) is 24.6 Å². The van der Waals surface area contributed by atoms with E-state index in [1.165, 1.54) is 18.2 Å². The normalized spacial score (nSPS) is 14.3. The fraction of sp³-hybridized carbons (Fsp3) is 0.214. The molecule has 1 N–H and O–H groups in total. The van der Waals surface area contributed by atoms with Crippen LogP contribution < -0.4 is 5.32 Å². The number of carbonyl (C=O) groups excluding carboxylic acids is 3. The van der Waals surface area contributed by atoms with Crippen LogP contribution in [0, 0.1) is 0 Å². The van der Waals surface area contributed by atoms with Gasteiger partial charge in [0.2, 0.25) is 17.7 Å². The SMILES string of the molecule is O=C(Nc1nnc(CN2C(=O)CCC2=O)o1)c1cc(Cl)cc(Cl)c1. The van der Waals surface area contributed by atoms with Crippen molar-refractivity contribution in [2.24, 2.45) is 0 Å². The smallest absolute Gasteiger partial charge is 0.322 e. The minimum atomic E-state index is -0.539. The monoisotopic (exact) mass is 368 g/mol. The number of halogens is 2. The van der Waals surface area contributed by atoms with Crippen LogP contribution in [0.1, 0.15) is 29.1 Å². The Balaban J connectivity index is 1.68. The van der Waals surface area contributed by atoms with Crippen molar-refractivity contribution < 1.29 is 18.8 Å². The Bertz CT molecular complexity index is 800. The molecule has 0 unspecified atom stereocenters. The highest BCUT2D eigenvalue weighted by Gasteiger charge is 2.30. The molecule has 0 bridgehead atoms. The zero-order chi connectivity index (χ0) is 17.3. The first kappa shape index (κ1) is 16.4. The quantitative estimate of drug-likeness (QED) is 0.829. The molecule has 124 valence electrons. The van der Waals surface area contributed by atoms with Crippen molar-refractivity contribution in [3.8, 4) is 0 Å². The largest absolute Gasteiger partial charge is 0.406 e. The molecule has 2 heterocycles. The van der Waals surface area contributed by atoms with Crippen molar-refractivity contribution in [2.45, 2.75) is 19.4 Å². The molecule has 1 fully saturated rings. The molecule has 10 heteroatoms. The highest BCUT2D eigenvalue weighted by molar-refractivity contribution is 6.35. The third-order valence-electron chi connectivity index (χ3n) is 3.26. The Morgan fingerprint density at radius 2 is 1.75 bits per heavy atom. The van der Waals surface area contributed by atoms with Crippen LogP contribution in [0.3, 0.4) is 0 Å². The Kier molecular flexibility index (Phi) is 4.50. The molecule has 0 saturated carbocycles. The first-order valence-corrected chi connectivity index (χ1v) is 7.61. The summed E-state index contributed by atoms with van der Waals surface area (Å²) in [5.41, 5.74) is 0.220. The molecule has 0 atom stereocenters. The average molecular weight is 369 g/mol. The topological polar surface area (TPSA) is 105 Å². The van der Waals surface area contributed by atoms with Gasteiger partial charge in [0.25, 0.3) is 5.91 Å². The molecule has 24 heavy (non-hydrogen) atoms. The van der Waals surface area contributed by atoms with Crippen LogP contribution in [0.15, 0.2) is 22.6 Å². The number of amides is 3.